The van der Waals surface area contributed by atoms with E-state index >= 15 is 0 Å². The highest BCUT2D eigenvalue weighted by atomic mass is 32.2. The van der Waals surface area contributed by atoms with Crippen LogP contribution >= 0.6 is 0 Å². The molecular weight excluding hydrogens is 398 g/mol. The molecule has 1 unspecified atom stereocenters. The van der Waals surface area contributed by atoms with Gasteiger partial charge in [-0.15, -0.1) is 0 Å². The molecule has 29 heavy (non-hydrogen) atoms. The van der Waals surface area contributed by atoms with E-state index in [1.807, 2.05) is 0 Å². The number of hydrogen-bond acceptors (Lipinski definition) is 7. The van der Waals surface area contributed by atoms with Gasteiger partial charge in [-0.25, -0.2) is 18.2 Å². The number of nitrogens with one attached hydrogen (secondary N) is 3. The van der Waals surface area contributed by atoms with Crippen LogP contribution in [-0.2, 0) is 14.6 Å². The number of ether oxygens (including phenoxy) is 1. The molecule has 3 aromatic rings. The van der Waals surface area contributed by atoms with E-state index in [-0.39, 0.29) is 24.6 Å². The molecule has 1 fully saturated rings. The quantitative estimate of drug-likeness (QED) is 0.361. The molecule has 1 saturated heterocycles. The van der Waals surface area contributed by atoms with E-state index in [0.29, 0.717) is 48.4 Å². The van der Waals surface area contributed by atoms with E-state index in [4.69, 9.17) is 4.74 Å². The van der Waals surface area contributed by atoms with Crippen molar-refractivity contribution < 1.29 is 17.9 Å². The summed E-state index contributed by atoms with van der Waals surface area (Å²) in [6.45, 7) is 1.38. The first-order valence-electron chi connectivity index (χ1n) is 9.24. The molecular formula is C18H21N5O5S. The van der Waals surface area contributed by atoms with E-state index in [9.17, 15) is 18.0 Å². The number of imidazole rings is 1. The highest BCUT2D eigenvalue weighted by molar-refractivity contribution is 7.92. The highest BCUT2D eigenvalue weighted by Gasteiger charge is 2.29. The van der Waals surface area contributed by atoms with E-state index in [1.54, 1.807) is 24.3 Å². The third-order valence-corrected chi connectivity index (χ3v) is 6.90. The lowest BCUT2D eigenvalue weighted by Gasteiger charge is -2.30. The summed E-state index contributed by atoms with van der Waals surface area (Å²) in [4.78, 5) is 33.4. The minimum absolute atomic E-state index is 0.0300. The molecule has 154 valence electrons. The monoisotopic (exact) mass is 419 g/mol. The van der Waals surface area contributed by atoms with Crippen molar-refractivity contribution in [2.24, 2.45) is 0 Å². The number of benzene rings is 1. The highest BCUT2D eigenvalue weighted by Crippen LogP contribution is 2.22. The fraction of sp³-hybridized carbons (Fsp3) is 0.389. The van der Waals surface area contributed by atoms with Gasteiger partial charge in [0.05, 0.1) is 29.9 Å². The van der Waals surface area contributed by atoms with Gasteiger partial charge in [0.1, 0.15) is 11.1 Å². The van der Waals surface area contributed by atoms with Crippen LogP contribution in [0.2, 0.25) is 0 Å². The Morgan fingerprint density at radius 2 is 2.14 bits per heavy atom. The van der Waals surface area contributed by atoms with Crippen molar-refractivity contribution in [1.82, 2.24) is 25.2 Å². The number of sulfone groups is 1. The Kier molecular flexibility index (Phi) is 5.24. The summed E-state index contributed by atoms with van der Waals surface area (Å²) >= 11 is 0. The minimum Gasteiger partial charge on any atom is -0.494 e. The number of rotatable bonds is 7. The Labute approximate surface area is 166 Å². The molecule has 0 spiro atoms. The predicted octanol–water partition coefficient (Wildman–Crippen LogP) is -0.0242. The number of aromatic amines is 2. The van der Waals surface area contributed by atoms with Gasteiger partial charge in [0.2, 0.25) is 6.41 Å². The van der Waals surface area contributed by atoms with Gasteiger partial charge in [0.15, 0.2) is 15.5 Å². The predicted molar refractivity (Wildman–Crippen MR) is 108 cm³/mol. The zero-order valence-electron chi connectivity index (χ0n) is 15.6. The average molecular weight is 419 g/mol. The van der Waals surface area contributed by atoms with E-state index in [2.05, 4.69) is 20.3 Å². The molecule has 0 saturated carbocycles. The number of pyridine rings is 1. The molecule has 0 radical (unpaired) electrons. The Morgan fingerprint density at radius 3 is 2.97 bits per heavy atom. The van der Waals surface area contributed by atoms with Crippen molar-refractivity contribution in [2.45, 2.75) is 11.8 Å². The molecule has 3 N–H and O–H groups in total. The summed E-state index contributed by atoms with van der Waals surface area (Å²) in [7, 11) is -3.38. The molecule has 11 heteroatoms. The van der Waals surface area contributed by atoms with Gasteiger partial charge in [-0.1, -0.05) is 0 Å². The fourth-order valence-electron chi connectivity index (χ4n) is 3.36. The number of nitrogens with zero attached hydrogens (tertiary/aromatic N) is 2. The molecule has 4 rings (SSSR count). The first kappa shape index (κ1) is 19.4. The van der Waals surface area contributed by atoms with Gasteiger partial charge in [0.25, 0.3) is 0 Å². The van der Waals surface area contributed by atoms with E-state index < -0.39 is 15.2 Å². The van der Waals surface area contributed by atoms with Gasteiger partial charge in [0, 0.05) is 18.5 Å². The lowest BCUT2D eigenvalue weighted by atomic mass is 10.2. The maximum Gasteiger partial charge on any atom is 0.325 e. The number of H-pyrrole nitrogens is 2. The number of hydrogen-bond donors (Lipinski definition) is 3. The Bertz CT molecular complexity index is 1200. The summed E-state index contributed by atoms with van der Waals surface area (Å²) in [5, 5.41) is 3.02. The van der Waals surface area contributed by atoms with Crippen molar-refractivity contribution >= 4 is 38.3 Å². The first-order chi connectivity index (χ1) is 13.9. The molecule has 3 heterocycles. The van der Waals surface area contributed by atoms with Crippen LogP contribution in [0.3, 0.4) is 0 Å². The number of fused-ring (bicyclic) bond motifs is 2. The van der Waals surface area contributed by atoms with Crippen LogP contribution in [0.15, 0.2) is 29.1 Å². The standard InChI is InChI=1S/C18H21N5O5S/c24-11-23-5-4-19-16(10-23)29(26,27)7-1-6-28-13-2-3-14-12(8-13)9-15-17(20-14)22-18(25)21-15/h2-3,8-9,11,16,19H,1,4-7,10H2,(H2,20,21,22,25). The molecule has 1 aliphatic rings. The third-order valence-electron chi connectivity index (χ3n) is 4.86. The van der Waals surface area contributed by atoms with Gasteiger partial charge in [-0.3, -0.25) is 15.1 Å². The van der Waals surface area contributed by atoms with Crippen LogP contribution in [-0.4, -0.2) is 72.0 Å². The van der Waals surface area contributed by atoms with Crippen molar-refractivity contribution in [1.29, 1.82) is 0 Å². The number of carbonyl (C=O) groups excluding carboxylic acids is 1. The smallest absolute Gasteiger partial charge is 0.325 e. The first-order valence-corrected chi connectivity index (χ1v) is 11.0. The second-order valence-electron chi connectivity index (χ2n) is 6.93. The number of piperazine rings is 1. The van der Waals surface area contributed by atoms with Crippen LogP contribution in [0.4, 0.5) is 0 Å². The second kappa shape index (κ2) is 7.84. The summed E-state index contributed by atoms with van der Waals surface area (Å²) in [6.07, 6.45) is 1.01. The molecule has 0 bridgehead atoms. The summed E-state index contributed by atoms with van der Waals surface area (Å²) < 4.78 is 30.6. The minimum atomic E-state index is -3.38. The van der Waals surface area contributed by atoms with Crippen LogP contribution in [0.5, 0.6) is 5.75 Å². The topological polar surface area (TPSA) is 137 Å². The molecule has 1 atom stereocenters. The molecule has 0 aliphatic carbocycles. The van der Waals surface area contributed by atoms with E-state index in [0.717, 1.165) is 5.39 Å². The maximum absolute atomic E-state index is 12.5. The van der Waals surface area contributed by atoms with Crippen LogP contribution in [0.1, 0.15) is 6.42 Å². The third kappa shape index (κ3) is 4.25. The van der Waals surface area contributed by atoms with E-state index in [1.165, 1.54) is 4.90 Å². The zero-order chi connectivity index (χ0) is 20.4. The van der Waals surface area contributed by atoms with Crippen molar-refractivity contribution in [3.05, 3.63) is 34.7 Å². The SMILES string of the molecule is O=CN1CCNC(S(=O)(=O)CCCOc2ccc3nc4[nH]c(=O)[nH]c4cc3c2)C1. The van der Waals surface area contributed by atoms with Gasteiger partial charge in [-0.05, 0) is 30.7 Å². The largest absolute Gasteiger partial charge is 0.494 e. The van der Waals surface area contributed by atoms with Crippen molar-refractivity contribution in [3.63, 3.8) is 0 Å². The van der Waals surface area contributed by atoms with Gasteiger partial charge in [-0.2, -0.15) is 0 Å². The van der Waals surface area contributed by atoms with Crippen molar-refractivity contribution in [2.75, 3.05) is 32.0 Å². The molecule has 2 aromatic heterocycles. The van der Waals surface area contributed by atoms with Gasteiger partial charge >= 0.3 is 5.69 Å². The summed E-state index contributed by atoms with van der Waals surface area (Å²) in [5.74, 6) is 0.564. The Morgan fingerprint density at radius 1 is 1.28 bits per heavy atom. The maximum atomic E-state index is 12.5. The summed E-state index contributed by atoms with van der Waals surface area (Å²) in [5.41, 5.74) is 1.50. The second-order valence-corrected chi connectivity index (χ2v) is 9.23. The lowest BCUT2D eigenvalue weighted by molar-refractivity contribution is -0.118. The normalized spacial score (nSPS) is 17.7. The van der Waals surface area contributed by atoms with Crippen molar-refractivity contribution in [3.8, 4) is 5.75 Å². The Balaban J connectivity index is 1.36. The van der Waals surface area contributed by atoms with Gasteiger partial charge < -0.3 is 14.6 Å². The molecule has 10 nitrogen and oxygen atoms in total. The molecule has 1 aliphatic heterocycles. The lowest BCUT2D eigenvalue weighted by Crippen LogP contribution is -2.54. The number of carbonyl (C=O) groups is 1. The fourth-order valence-corrected chi connectivity index (χ4v) is 4.96. The van der Waals surface area contributed by atoms with Crippen LogP contribution in [0.25, 0.3) is 22.1 Å². The molecule has 1 aromatic carbocycles. The van der Waals surface area contributed by atoms with Crippen LogP contribution < -0.4 is 15.7 Å². The molecule has 1 amide bonds. The average Bonchev–Trinajstić information content (AvgIpc) is 3.08. The Hall–Kier alpha value is -2.92. The summed E-state index contributed by atoms with van der Waals surface area (Å²) in [6, 6.07) is 7.14. The zero-order valence-corrected chi connectivity index (χ0v) is 16.4. The number of amides is 1. The number of aromatic nitrogens is 3. The van der Waals surface area contributed by atoms with Crippen LogP contribution in [0, 0.1) is 0 Å².